The van der Waals surface area contributed by atoms with E-state index in [0.717, 1.165) is 4.31 Å². The molecule has 0 aliphatic heterocycles. The summed E-state index contributed by atoms with van der Waals surface area (Å²) in [5.74, 6) is 0. The zero-order valence-electron chi connectivity index (χ0n) is 8.47. The number of nitrogens with zero attached hydrogens (tertiary/aromatic N) is 2. The van der Waals surface area contributed by atoms with Gasteiger partial charge in [0.05, 0.1) is 10.6 Å². The topological polar surface area (TPSA) is 86.5 Å². The summed E-state index contributed by atoms with van der Waals surface area (Å²) in [6, 6.07) is 2.49. The van der Waals surface area contributed by atoms with Gasteiger partial charge in [0.1, 0.15) is 5.02 Å². The molecule has 0 amide bonds. The molecule has 8 heteroatoms. The summed E-state index contributed by atoms with van der Waals surface area (Å²) in [7, 11) is 1.33. The van der Waals surface area contributed by atoms with Crippen LogP contribution in [0, 0.1) is 17.0 Å². The van der Waals surface area contributed by atoms with Crippen molar-refractivity contribution in [2.45, 2.75) is 6.92 Å². The molecule has 0 radical (unpaired) electrons. The molecule has 0 heterocycles. The van der Waals surface area contributed by atoms with Gasteiger partial charge in [-0.1, -0.05) is 11.6 Å². The molecule has 1 aromatic rings. The average molecular weight is 264 g/mol. The fourth-order valence-corrected chi connectivity index (χ4v) is 1.80. The van der Waals surface area contributed by atoms with Crippen molar-refractivity contribution in [1.29, 1.82) is 0 Å². The average Bonchev–Trinajstić information content (AvgIpc) is 2.19. The Morgan fingerprint density at radius 1 is 1.50 bits per heavy atom. The molecule has 1 rings (SSSR count). The maximum atomic E-state index is 10.7. The van der Waals surface area contributed by atoms with Gasteiger partial charge >= 0.3 is 0 Å². The Kier molecular flexibility index (Phi) is 3.84. The minimum atomic E-state index is -2.44. The second-order valence-corrected chi connectivity index (χ2v) is 4.45. The monoisotopic (exact) mass is 263 g/mol. The largest absolute Gasteiger partial charge is 0.755 e. The van der Waals surface area contributed by atoms with Crippen molar-refractivity contribution in [3.63, 3.8) is 0 Å². The molecule has 16 heavy (non-hydrogen) atoms. The Balaban J connectivity index is 3.31. The van der Waals surface area contributed by atoms with Crippen molar-refractivity contribution < 1.29 is 13.7 Å². The van der Waals surface area contributed by atoms with Gasteiger partial charge in [-0.25, -0.2) is 0 Å². The van der Waals surface area contributed by atoms with Crippen LogP contribution < -0.4 is 4.31 Å². The summed E-state index contributed by atoms with van der Waals surface area (Å²) in [5.41, 5.74) is 0.528. The molecule has 1 unspecified atom stereocenters. The van der Waals surface area contributed by atoms with Crippen LogP contribution in [0.5, 0.6) is 0 Å². The maximum Gasteiger partial charge on any atom is 0.288 e. The lowest BCUT2D eigenvalue weighted by molar-refractivity contribution is -0.384. The molecule has 1 aromatic carbocycles. The van der Waals surface area contributed by atoms with Crippen molar-refractivity contribution in [3.05, 3.63) is 32.8 Å². The van der Waals surface area contributed by atoms with Gasteiger partial charge in [-0.05, 0) is 18.6 Å². The molecule has 88 valence electrons. The normalized spacial score (nSPS) is 12.2. The molecular weight excluding hydrogens is 256 g/mol. The second-order valence-electron chi connectivity index (χ2n) is 3.06. The Bertz CT molecular complexity index is 466. The van der Waals surface area contributed by atoms with Crippen LogP contribution in [-0.2, 0) is 11.3 Å². The third-order valence-corrected chi connectivity index (χ3v) is 2.97. The van der Waals surface area contributed by atoms with Crippen LogP contribution in [-0.4, -0.2) is 20.7 Å². The minimum Gasteiger partial charge on any atom is -0.755 e. The van der Waals surface area contributed by atoms with E-state index in [1.807, 2.05) is 0 Å². The number of rotatable bonds is 3. The van der Waals surface area contributed by atoms with Crippen molar-refractivity contribution in [3.8, 4) is 0 Å². The van der Waals surface area contributed by atoms with Gasteiger partial charge in [-0.2, -0.15) is 0 Å². The molecule has 6 nitrogen and oxygen atoms in total. The molecule has 0 aromatic heterocycles. The van der Waals surface area contributed by atoms with Crippen molar-refractivity contribution in [1.82, 2.24) is 0 Å². The molecule has 0 fully saturated rings. The number of aryl methyl sites for hydroxylation is 1. The summed E-state index contributed by atoms with van der Waals surface area (Å²) < 4.78 is 22.4. The first kappa shape index (κ1) is 12.9. The van der Waals surface area contributed by atoms with Gasteiger partial charge < -0.3 is 8.86 Å². The lowest BCUT2D eigenvalue weighted by atomic mass is 10.2. The van der Waals surface area contributed by atoms with E-state index < -0.39 is 16.2 Å². The van der Waals surface area contributed by atoms with E-state index in [-0.39, 0.29) is 10.7 Å². The minimum absolute atomic E-state index is 0.0945. The molecule has 0 aliphatic carbocycles. The SMILES string of the molecule is Cc1cc([N+](=O)[O-])c(Cl)cc1N(C)S(=O)[O-]. The van der Waals surface area contributed by atoms with E-state index in [1.54, 1.807) is 6.92 Å². The van der Waals surface area contributed by atoms with Gasteiger partial charge in [0.2, 0.25) is 0 Å². The molecule has 0 spiro atoms. The van der Waals surface area contributed by atoms with E-state index in [4.69, 9.17) is 11.6 Å². The van der Waals surface area contributed by atoms with Crippen LogP contribution in [0.1, 0.15) is 5.56 Å². The molecule has 0 saturated heterocycles. The fraction of sp³-hybridized carbons (Fsp3) is 0.250. The standard InChI is InChI=1S/C8H9ClN2O4S/c1-5-3-8(11(12)13)6(9)4-7(5)10(2)16(14)15/h3-4H,1-2H3,(H,14,15)/p-1. The lowest BCUT2D eigenvalue weighted by Gasteiger charge is -2.23. The molecular formula is C8H8ClN2O4S-. The highest BCUT2D eigenvalue weighted by atomic mass is 35.5. The first-order valence-electron chi connectivity index (χ1n) is 4.12. The van der Waals surface area contributed by atoms with Crippen LogP contribution in [0.25, 0.3) is 0 Å². The fourth-order valence-electron chi connectivity index (χ4n) is 1.22. The quantitative estimate of drug-likeness (QED) is 0.472. The summed E-state index contributed by atoms with van der Waals surface area (Å²) in [6.07, 6.45) is 0. The van der Waals surface area contributed by atoms with Gasteiger partial charge in [0.15, 0.2) is 0 Å². The number of nitro groups is 1. The molecule has 0 aliphatic rings. The number of hydrogen-bond donors (Lipinski definition) is 0. The van der Waals surface area contributed by atoms with Crippen LogP contribution >= 0.6 is 11.6 Å². The van der Waals surface area contributed by atoms with Crippen molar-refractivity contribution in [2.24, 2.45) is 0 Å². The first-order valence-corrected chi connectivity index (χ1v) is 5.53. The molecule has 0 saturated carbocycles. The number of benzene rings is 1. The summed E-state index contributed by atoms with van der Waals surface area (Å²) in [4.78, 5) is 9.96. The smallest absolute Gasteiger partial charge is 0.288 e. The Hall–Kier alpha value is -1.18. The van der Waals surface area contributed by atoms with Crippen LogP contribution in [0.3, 0.4) is 0 Å². The van der Waals surface area contributed by atoms with E-state index in [2.05, 4.69) is 0 Å². The third kappa shape index (κ3) is 2.49. The van der Waals surface area contributed by atoms with Gasteiger partial charge in [0.25, 0.3) is 5.69 Å². The number of halogens is 1. The van der Waals surface area contributed by atoms with Crippen LogP contribution in [0.4, 0.5) is 11.4 Å². The van der Waals surface area contributed by atoms with Crippen LogP contribution in [0.2, 0.25) is 5.02 Å². The lowest BCUT2D eigenvalue weighted by Crippen LogP contribution is -2.20. The highest BCUT2D eigenvalue weighted by molar-refractivity contribution is 7.80. The van der Waals surface area contributed by atoms with Gasteiger partial charge in [-0.15, -0.1) is 0 Å². The highest BCUT2D eigenvalue weighted by Gasteiger charge is 2.16. The summed E-state index contributed by atoms with van der Waals surface area (Å²) >= 11 is 3.23. The summed E-state index contributed by atoms with van der Waals surface area (Å²) in [6.45, 7) is 1.57. The van der Waals surface area contributed by atoms with Crippen molar-refractivity contribution >= 4 is 34.2 Å². The van der Waals surface area contributed by atoms with E-state index in [0.29, 0.717) is 11.3 Å². The van der Waals surface area contributed by atoms with Crippen molar-refractivity contribution in [2.75, 3.05) is 11.4 Å². The first-order chi connectivity index (χ1) is 7.34. The zero-order valence-corrected chi connectivity index (χ0v) is 10.0. The van der Waals surface area contributed by atoms with Gasteiger partial charge in [-0.3, -0.25) is 14.3 Å². The number of anilines is 1. The predicted molar refractivity (Wildman–Crippen MR) is 60.2 cm³/mol. The zero-order chi connectivity index (χ0) is 12.5. The Labute approximate surface area is 99.4 Å². The summed E-state index contributed by atoms with van der Waals surface area (Å²) in [5, 5.41) is 10.5. The molecule has 0 N–H and O–H groups in total. The van der Waals surface area contributed by atoms with Crippen LogP contribution in [0.15, 0.2) is 12.1 Å². The number of nitro benzene ring substituents is 1. The predicted octanol–water partition coefficient (Wildman–Crippen LogP) is 1.79. The second kappa shape index (κ2) is 4.77. The molecule has 1 atom stereocenters. The Morgan fingerprint density at radius 2 is 2.06 bits per heavy atom. The maximum absolute atomic E-state index is 10.7. The molecule has 0 bridgehead atoms. The van der Waals surface area contributed by atoms with E-state index >= 15 is 0 Å². The number of hydrogen-bond acceptors (Lipinski definition) is 4. The third-order valence-electron chi connectivity index (χ3n) is 2.02. The van der Waals surface area contributed by atoms with E-state index in [9.17, 15) is 18.9 Å². The Morgan fingerprint density at radius 3 is 2.50 bits per heavy atom. The van der Waals surface area contributed by atoms with Gasteiger partial charge in [0, 0.05) is 24.4 Å². The van der Waals surface area contributed by atoms with E-state index in [1.165, 1.54) is 19.2 Å². The highest BCUT2D eigenvalue weighted by Crippen LogP contribution is 2.32.